The minimum absolute atomic E-state index is 0.0424. The second-order valence-corrected chi connectivity index (χ2v) is 6.98. The van der Waals surface area contributed by atoms with Crippen LogP contribution in [-0.4, -0.2) is 49.4 Å². The standard InChI is InChI=1S/C17H19F3N8O/c1-26-9-12(14(25-26)17(18,19)20)23-16(29)11-7-22-28-6-4-13(24-15(11)28)27-5-2-3-10(21)8-27/h4,6-7,9-10H,2-3,5,8,21H2,1H3,(H,23,29)/t10-/m0/s1. The SMILES string of the molecule is Cn1cc(NC(=O)c2cnn3ccc(N4CCC[C@H](N)C4)nc23)c(C(F)(F)F)n1. The first-order chi connectivity index (χ1) is 13.7. The summed E-state index contributed by atoms with van der Waals surface area (Å²) in [5, 5.41) is 9.72. The zero-order chi connectivity index (χ0) is 20.8. The average Bonchev–Trinajstić information content (AvgIpc) is 3.24. The Labute approximate surface area is 163 Å². The number of halogens is 3. The van der Waals surface area contributed by atoms with E-state index in [1.54, 1.807) is 12.3 Å². The smallest absolute Gasteiger partial charge is 0.355 e. The molecule has 0 aliphatic carbocycles. The van der Waals surface area contributed by atoms with Gasteiger partial charge in [0.15, 0.2) is 11.3 Å². The van der Waals surface area contributed by atoms with Gasteiger partial charge in [-0.15, -0.1) is 0 Å². The molecule has 1 aliphatic rings. The topological polar surface area (TPSA) is 106 Å². The van der Waals surface area contributed by atoms with Gasteiger partial charge < -0.3 is 16.0 Å². The number of nitrogens with one attached hydrogen (secondary N) is 1. The Morgan fingerprint density at radius 1 is 1.38 bits per heavy atom. The van der Waals surface area contributed by atoms with Crippen LogP contribution in [0.4, 0.5) is 24.7 Å². The molecule has 4 heterocycles. The molecule has 12 heteroatoms. The van der Waals surface area contributed by atoms with Gasteiger partial charge in [0, 0.05) is 38.6 Å². The lowest BCUT2D eigenvalue weighted by molar-refractivity contribution is -0.140. The van der Waals surface area contributed by atoms with E-state index in [0.29, 0.717) is 12.4 Å². The van der Waals surface area contributed by atoms with Crippen molar-refractivity contribution in [1.29, 1.82) is 0 Å². The summed E-state index contributed by atoms with van der Waals surface area (Å²) in [5.41, 5.74) is 4.73. The fraction of sp³-hybridized carbons (Fsp3) is 0.412. The van der Waals surface area contributed by atoms with Crippen LogP contribution in [0.3, 0.4) is 0 Å². The Hall–Kier alpha value is -3.15. The number of alkyl halides is 3. The monoisotopic (exact) mass is 408 g/mol. The number of rotatable bonds is 3. The molecule has 154 valence electrons. The summed E-state index contributed by atoms with van der Waals surface area (Å²) >= 11 is 0. The third-order valence-corrected chi connectivity index (χ3v) is 4.73. The van der Waals surface area contributed by atoms with Crippen LogP contribution >= 0.6 is 0 Å². The first kappa shape index (κ1) is 19.2. The Bertz CT molecular complexity index is 1060. The Morgan fingerprint density at radius 2 is 2.17 bits per heavy atom. The third kappa shape index (κ3) is 3.75. The van der Waals surface area contributed by atoms with E-state index in [-0.39, 0.29) is 17.3 Å². The summed E-state index contributed by atoms with van der Waals surface area (Å²) in [6.07, 6.45) is 1.20. The Kier molecular flexibility index (Phi) is 4.65. The molecule has 0 aromatic carbocycles. The molecule has 0 unspecified atom stereocenters. The van der Waals surface area contributed by atoms with E-state index in [1.807, 2.05) is 4.90 Å². The highest BCUT2D eigenvalue weighted by Crippen LogP contribution is 2.33. The van der Waals surface area contributed by atoms with Crippen LogP contribution in [0.5, 0.6) is 0 Å². The van der Waals surface area contributed by atoms with Gasteiger partial charge in [-0.05, 0) is 18.9 Å². The van der Waals surface area contributed by atoms with Crippen molar-refractivity contribution in [2.75, 3.05) is 23.3 Å². The van der Waals surface area contributed by atoms with Crippen molar-refractivity contribution in [1.82, 2.24) is 24.4 Å². The van der Waals surface area contributed by atoms with E-state index < -0.39 is 23.5 Å². The summed E-state index contributed by atoms with van der Waals surface area (Å²) in [6, 6.07) is 1.81. The number of piperidine rings is 1. The normalized spacial score (nSPS) is 17.7. The number of hydrogen-bond acceptors (Lipinski definition) is 6. The molecule has 0 radical (unpaired) electrons. The van der Waals surface area contributed by atoms with Crippen molar-refractivity contribution in [3.8, 4) is 0 Å². The second-order valence-electron chi connectivity index (χ2n) is 6.98. The largest absolute Gasteiger partial charge is 0.437 e. The van der Waals surface area contributed by atoms with Crippen molar-refractivity contribution < 1.29 is 18.0 Å². The zero-order valence-electron chi connectivity index (χ0n) is 15.5. The van der Waals surface area contributed by atoms with Crippen LogP contribution in [0.15, 0.2) is 24.7 Å². The molecule has 3 N–H and O–H groups in total. The number of nitrogens with zero attached hydrogens (tertiary/aromatic N) is 6. The van der Waals surface area contributed by atoms with Crippen molar-refractivity contribution in [3.05, 3.63) is 35.9 Å². The van der Waals surface area contributed by atoms with Gasteiger partial charge in [0.05, 0.1) is 11.9 Å². The molecular weight excluding hydrogens is 389 g/mol. The number of carbonyl (C=O) groups is 1. The summed E-state index contributed by atoms with van der Waals surface area (Å²) in [4.78, 5) is 19.2. The van der Waals surface area contributed by atoms with Crippen LogP contribution in [0.25, 0.3) is 5.65 Å². The van der Waals surface area contributed by atoms with Crippen LogP contribution in [0.1, 0.15) is 28.9 Å². The predicted octanol–water partition coefficient (Wildman–Crippen LogP) is 1.66. The van der Waals surface area contributed by atoms with Gasteiger partial charge in [0.2, 0.25) is 0 Å². The van der Waals surface area contributed by atoms with Gasteiger partial charge in [0.25, 0.3) is 5.91 Å². The molecular formula is C17H19F3N8O. The minimum atomic E-state index is -4.69. The van der Waals surface area contributed by atoms with Gasteiger partial charge in [-0.25, -0.2) is 9.50 Å². The van der Waals surface area contributed by atoms with Gasteiger partial charge in [-0.1, -0.05) is 0 Å². The van der Waals surface area contributed by atoms with E-state index in [0.717, 1.165) is 30.3 Å². The quantitative estimate of drug-likeness (QED) is 0.683. The van der Waals surface area contributed by atoms with Crippen molar-refractivity contribution in [3.63, 3.8) is 0 Å². The van der Waals surface area contributed by atoms with Crippen molar-refractivity contribution in [2.24, 2.45) is 12.8 Å². The Balaban J connectivity index is 1.64. The first-order valence-corrected chi connectivity index (χ1v) is 8.99. The molecule has 3 aromatic heterocycles. The number of carbonyl (C=O) groups excluding carboxylic acids is 1. The van der Waals surface area contributed by atoms with E-state index in [1.165, 1.54) is 17.8 Å². The molecule has 1 aliphatic heterocycles. The van der Waals surface area contributed by atoms with Crippen LogP contribution in [0, 0.1) is 0 Å². The number of fused-ring (bicyclic) bond motifs is 1. The summed E-state index contributed by atoms with van der Waals surface area (Å²) in [7, 11) is 1.34. The lowest BCUT2D eigenvalue weighted by atomic mass is 10.1. The van der Waals surface area contributed by atoms with Crippen LogP contribution < -0.4 is 16.0 Å². The van der Waals surface area contributed by atoms with Gasteiger partial charge in [0.1, 0.15) is 11.4 Å². The van der Waals surface area contributed by atoms with Crippen LogP contribution in [-0.2, 0) is 13.2 Å². The van der Waals surface area contributed by atoms with Crippen LogP contribution in [0.2, 0.25) is 0 Å². The molecule has 3 aromatic rings. The van der Waals surface area contributed by atoms with E-state index in [4.69, 9.17) is 5.73 Å². The van der Waals surface area contributed by atoms with E-state index in [9.17, 15) is 18.0 Å². The maximum absolute atomic E-state index is 13.1. The fourth-order valence-corrected chi connectivity index (χ4v) is 3.39. The number of aromatic nitrogens is 5. The Morgan fingerprint density at radius 3 is 2.90 bits per heavy atom. The molecule has 0 bridgehead atoms. The lowest BCUT2D eigenvalue weighted by Crippen LogP contribution is -2.43. The third-order valence-electron chi connectivity index (χ3n) is 4.73. The van der Waals surface area contributed by atoms with Crippen molar-refractivity contribution in [2.45, 2.75) is 25.1 Å². The fourth-order valence-electron chi connectivity index (χ4n) is 3.39. The van der Waals surface area contributed by atoms with Gasteiger partial charge >= 0.3 is 6.18 Å². The number of amides is 1. The summed E-state index contributed by atoms with van der Waals surface area (Å²) in [6.45, 7) is 1.43. The molecule has 9 nitrogen and oxygen atoms in total. The zero-order valence-corrected chi connectivity index (χ0v) is 15.5. The maximum atomic E-state index is 13.1. The number of aryl methyl sites for hydroxylation is 1. The van der Waals surface area contributed by atoms with Gasteiger partial charge in [-0.2, -0.15) is 23.4 Å². The molecule has 29 heavy (non-hydrogen) atoms. The lowest BCUT2D eigenvalue weighted by Gasteiger charge is -2.31. The minimum Gasteiger partial charge on any atom is -0.355 e. The average molecular weight is 408 g/mol. The molecule has 1 saturated heterocycles. The highest BCUT2D eigenvalue weighted by molar-refractivity contribution is 6.08. The van der Waals surface area contributed by atoms with E-state index in [2.05, 4.69) is 20.5 Å². The highest BCUT2D eigenvalue weighted by Gasteiger charge is 2.38. The predicted molar refractivity (Wildman–Crippen MR) is 98.6 cm³/mol. The van der Waals surface area contributed by atoms with Gasteiger partial charge in [-0.3, -0.25) is 9.48 Å². The number of nitrogens with two attached hydrogens (primary N) is 1. The molecule has 1 atom stereocenters. The summed E-state index contributed by atoms with van der Waals surface area (Å²) in [5.74, 6) is -0.113. The second kappa shape index (κ2) is 7.03. The van der Waals surface area contributed by atoms with Crippen molar-refractivity contribution >= 4 is 23.1 Å². The molecule has 1 amide bonds. The number of hydrogen-bond donors (Lipinski definition) is 2. The summed E-state index contributed by atoms with van der Waals surface area (Å²) < 4.78 is 41.8. The molecule has 0 spiro atoms. The van der Waals surface area contributed by atoms with E-state index >= 15 is 0 Å². The molecule has 0 saturated carbocycles. The molecule has 1 fully saturated rings. The first-order valence-electron chi connectivity index (χ1n) is 8.99. The maximum Gasteiger partial charge on any atom is 0.437 e. The number of anilines is 2. The highest BCUT2D eigenvalue weighted by atomic mass is 19.4. The molecule has 4 rings (SSSR count).